The van der Waals surface area contributed by atoms with Gasteiger partial charge in [0.2, 0.25) is 0 Å². The van der Waals surface area contributed by atoms with Crippen LogP contribution in [0, 0.1) is 6.92 Å². The summed E-state index contributed by atoms with van der Waals surface area (Å²) in [6.45, 7) is 3.05. The number of nitrogens with zero attached hydrogens (tertiary/aromatic N) is 1. The fourth-order valence-corrected chi connectivity index (χ4v) is 2.22. The van der Waals surface area contributed by atoms with E-state index in [4.69, 9.17) is 0 Å². The minimum atomic E-state index is 0.000479. The second-order valence-corrected chi connectivity index (χ2v) is 5.27. The monoisotopic (exact) mass is 242 g/mol. The molecule has 1 heterocycles. The van der Waals surface area contributed by atoms with Crippen LogP contribution in [0.4, 0.5) is 0 Å². The molecule has 3 rings (SSSR count). The molecule has 0 aliphatic heterocycles. The number of benzene rings is 1. The molecule has 94 valence electrons. The predicted molar refractivity (Wildman–Crippen MR) is 72.4 cm³/mol. The van der Waals surface area contributed by atoms with Gasteiger partial charge in [-0.3, -0.25) is 4.98 Å². The van der Waals surface area contributed by atoms with Crippen molar-refractivity contribution in [3.63, 3.8) is 0 Å². The summed E-state index contributed by atoms with van der Waals surface area (Å²) in [7, 11) is 0. The van der Waals surface area contributed by atoms with Crippen LogP contribution in [-0.4, -0.2) is 22.2 Å². The summed E-state index contributed by atoms with van der Waals surface area (Å²) in [5.74, 6) is 0. The highest BCUT2D eigenvalue weighted by Gasteiger charge is 2.41. The Balaban J connectivity index is 1.79. The zero-order chi connectivity index (χ0) is 12.6. The molecule has 0 amide bonds. The number of pyridine rings is 1. The molecule has 0 spiro atoms. The van der Waals surface area contributed by atoms with E-state index in [0.29, 0.717) is 0 Å². The molecule has 0 bridgehead atoms. The van der Waals surface area contributed by atoms with Gasteiger partial charge in [0.1, 0.15) is 0 Å². The average Bonchev–Trinajstić information content (AvgIpc) is 3.17. The van der Waals surface area contributed by atoms with Crippen LogP contribution < -0.4 is 5.32 Å². The van der Waals surface area contributed by atoms with Crippen molar-refractivity contribution in [3.05, 3.63) is 41.6 Å². The number of aryl methyl sites for hydroxylation is 1. The molecule has 3 heteroatoms. The maximum Gasteiger partial charge on any atom is 0.0705 e. The number of rotatable bonds is 4. The molecule has 1 aliphatic carbocycles. The van der Waals surface area contributed by atoms with Gasteiger partial charge >= 0.3 is 0 Å². The first-order valence-corrected chi connectivity index (χ1v) is 6.43. The lowest BCUT2D eigenvalue weighted by Gasteiger charge is -2.14. The van der Waals surface area contributed by atoms with E-state index in [-0.39, 0.29) is 12.1 Å². The fraction of sp³-hybridized carbons (Fsp3) is 0.400. The lowest BCUT2D eigenvalue weighted by Crippen LogP contribution is -2.34. The van der Waals surface area contributed by atoms with E-state index in [1.807, 2.05) is 13.0 Å². The van der Waals surface area contributed by atoms with Gasteiger partial charge in [0.05, 0.1) is 12.1 Å². The first-order chi connectivity index (χ1) is 8.71. The summed E-state index contributed by atoms with van der Waals surface area (Å²) in [6, 6.07) is 10.5. The van der Waals surface area contributed by atoms with Crippen molar-refractivity contribution in [3.8, 4) is 0 Å². The maximum absolute atomic E-state index is 9.26. The highest BCUT2D eigenvalue weighted by atomic mass is 16.3. The van der Waals surface area contributed by atoms with Crippen LogP contribution in [0.5, 0.6) is 0 Å². The molecule has 0 saturated heterocycles. The first kappa shape index (κ1) is 11.6. The van der Waals surface area contributed by atoms with E-state index in [2.05, 4.69) is 34.6 Å². The second kappa shape index (κ2) is 4.34. The zero-order valence-electron chi connectivity index (χ0n) is 10.6. The largest absolute Gasteiger partial charge is 0.394 e. The van der Waals surface area contributed by atoms with E-state index < -0.39 is 0 Å². The Morgan fingerprint density at radius 3 is 2.83 bits per heavy atom. The Labute approximate surface area is 107 Å². The summed E-state index contributed by atoms with van der Waals surface area (Å²) in [4.78, 5) is 4.49. The van der Waals surface area contributed by atoms with Gasteiger partial charge in [-0.05, 0) is 43.5 Å². The summed E-state index contributed by atoms with van der Waals surface area (Å²) < 4.78 is 0. The second-order valence-electron chi connectivity index (χ2n) is 5.27. The highest BCUT2D eigenvalue weighted by molar-refractivity contribution is 5.79. The topological polar surface area (TPSA) is 45.1 Å². The van der Waals surface area contributed by atoms with E-state index in [0.717, 1.165) is 30.6 Å². The summed E-state index contributed by atoms with van der Waals surface area (Å²) in [5.41, 5.74) is 3.33. The molecule has 0 atom stereocenters. The first-order valence-electron chi connectivity index (χ1n) is 6.43. The van der Waals surface area contributed by atoms with Crippen molar-refractivity contribution in [1.82, 2.24) is 10.3 Å². The molecular weight excluding hydrogens is 224 g/mol. The number of fused-ring (bicyclic) bond motifs is 1. The van der Waals surface area contributed by atoms with Crippen molar-refractivity contribution in [2.24, 2.45) is 0 Å². The van der Waals surface area contributed by atoms with Crippen LogP contribution in [0.3, 0.4) is 0 Å². The van der Waals surface area contributed by atoms with E-state index in [1.165, 1.54) is 10.9 Å². The van der Waals surface area contributed by atoms with Crippen molar-refractivity contribution < 1.29 is 5.11 Å². The van der Waals surface area contributed by atoms with Crippen LogP contribution in [0.2, 0.25) is 0 Å². The lowest BCUT2D eigenvalue weighted by molar-refractivity contribution is 0.229. The van der Waals surface area contributed by atoms with Gasteiger partial charge in [-0.15, -0.1) is 0 Å². The Kier molecular flexibility index (Phi) is 2.80. The fourth-order valence-electron chi connectivity index (χ4n) is 2.22. The molecule has 1 saturated carbocycles. The van der Waals surface area contributed by atoms with Crippen LogP contribution in [-0.2, 0) is 6.54 Å². The van der Waals surface area contributed by atoms with Crippen molar-refractivity contribution in [2.45, 2.75) is 31.8 Å². The van der Waals surface area contributed by atoms with Crippen LogP contribution in [0.1, 0.15) is 24.1 Å². The third-order valence-corrected chi connectivity index (χ3v) is 3.72. The molecular formula is C15H18N2O. The molecule has 1 aromatic carbocycles. The minimum Gasteiger partial charge on any atom is -0.394 e. The Morgan fingerprint density at radius 1 is 1.28 bits per heavy atom. The van der Waals surface area contributed by atoms with Crippen LogP contribution in [0.25, 0.3) is 10.9 Å². The van der Waals surface area contributed by atoms with E-state index in [1.54, 1.807) is 0 Å². The smallest absolute Gasteiger partial charge is 0.0705 e. The van der Waals surface area contributed by atoms with Crippen molar-refractivity contribution in [1.29, 1.82) is 0 Å². The minimum absolute atomic E-state index is 0.000479. The molecule has 2 aromatic rings. The number of aromatic nitrogens is 1. The molecule has 0 radical (unpaired) electrons. The number of aliphatic hydroxyl groups excluding tert-OH is 1. The van der Waals surface area contributed by atoms with Gasteiger partial charge in [0.25, 0.3) is 0 Å². The number of nitrogens with one attached hydrogen (secondary N) is 1. The third kappa shape index (κ3) is 2.24. The zero-order valence-corrected chi connectivity index (χ0v) is 10.6. The Hall–Kier alpha value is -1.45. The summed E-state index contributed by atoms with van der Waals surface area (Å²) in [5, 5.41) is 13.9. The van der Waals surface area contributed by atoms with Crippen LogP contribution in [0.15, 0.2) is 30.3 Å². The van der Waals surface area contributed by atoms with Crippen molar-refractivity contribution >= 4 is 10.9 Å². The van der Waals surface area contributed by atoms with Gasteiger partial charge < -0.3 is 10.4 Å². The molecule has 18 heavy (non-hydrogen) atoms. The Morgan fingerprint density at radius 2 is 2.11 bits per heavy atom. The molecule has 1 aliphatic rings. The number of aliphatic hydroxyl groups is 1. The Bertz CT molecular complexity index is 576. The predicted octanol–water partition coefficient (Wildman–Crippen LogP) is 2.16. The normalized spacial score (nSPS) is 17.0. The molecule has 0 unspecified atom stereocenters. The number of hydrogen-bond acceptors (Lipinski definition) is 3. The molecule has 2 N–H and O–H groups in total. The van der Waals surface area contributed by atoms with Gasteiger partial charge in [-0.2, -0.15) is 0 Å². The van der Waals surface area contributed by atoms with Crippen molar-refractivity contribution in [2.75, 3.05) is 6.61 Å². The maximum atomic E-state index is 9.26. The van der Waals surface area contributed by atoms with Crippen LogP contribution >= 0.6 is 0 Å². The molecule has 1 fully saturated rings. The SMILES string of the molecule is Cc1ccc2cc(CNC3(CO)CC3)ccc2n1. The molecule has 1 aromatic heterocycles. The number of hydrogen-bond donors (Lipinski definition) is 2. The molecule has 3 nitrogen and oxygen atoms in total. The third-order valence-electron chi connectivity index (χ3n) is 3.72. The van der Waals surface area contributed by atoms with E-state index in [9.17, 15) is 5.11 Å². The van der Waals surface area contributed by atoms with Gasteiger partial charge in [0.15, 0.2) is 0 Å². The van der Waals surface area contributed by atoms with E-state index >= 15 is 0 Å². The standard InChI is InChI=1S/C15H18N2O/c1-11-2-4-13-8-12(3-5-14(13)17-11)9-16-15(10-18)6-7-15/h2-5,8,16,18H,6-7,9-10H2,1H3. The summed E-state index contributed by atoms with van der Waals surface area (Å²) >= 11 is 0. The average molecular weight is 242 g/mol. The summed E-state index contributed by atoms with van der Waals surface area (Å²) in [6.07, 6.45) is 2.16. The lowest BCUT2D eigenvalue weighted by atomic mass is 10.1. The van der Waals surface area contributed by atoms with Gasteiger partial charge in [-0.1, -0.05) is 12.1 Å². The van der Waals surface area contributed by atoms with Gasteiger partial charge in [0, 0.05) is 23.2 Å². The van der Waals surface area contributed by atoms with Gasteiger partial charge in [-0.25, -0.2) is 0 Å². The quantitative estimate of drug-likeness (QED) is 0.863. The highest BCUT2D eigenvalue weighted by Crippen LogP contribution is 2.34.